The minimum Gasteiger partial charge on any atom is -0.339 e. The Labute approximate surface area is 143 Å². The highest BCUT2D eigenvalue weighted by atomic mass is 35.5. The fraction of sp³-hybridized carbons (Fsp3) is 0.529. The Bertz CT molecular complexity index is 579. The van der Waals surface area contributed by atoms with E-state index in [9.17, 15) is 9.59 Å². The van der Waals surface area contributed by atoms with Gasteiger partial charge in [-0.25, -0.2) is 0 Å². The molecule has 3 rings (SSSR count). The van der Waals surface area contributed by atoms with Crippen LogP contribution in [0.2, 0.25) is 0 Å². The van der Waals surface area contributed by atoms with Gasteiger partial charge in [-0.05, 0) is 43.5 Å². The third kappa shape index (κ3) is 3.67. The SMILES string of the molecule is Cc1cc(C)cc(N2CCC(C(=O)N3CCNCC3)C2=O)c1.Cl. The van der Waals surface area contributed by atoms with E-state index < -0.39 is 5.92 Å². The second-order valence-corrected chi connectivity index (χ2v) is 6.25. The second-order valence-electron chi connectivity index (χ2n) is 6.25. The van der Waals surface area contributed by atoms with Crippen molar-refractivity contribution in [3.8, 4) is 0 Å². The molecule has 0 aromatic heterocycles. The number of nitrogens with zero attached hydrogens (tertiary/aromatic N) is 2. The van der Waals surface area contributed by atoms with Crippen LogP contribution in [0, 0.1) is 19.8 Å². The van der Waals surface area contributed by atoms with Crippen molar-refractivity contribution < 1.29 is 9.59 Å². The molecule has 1 atom stereocenters. The van der Waals surface area contributed by atoms with Crippen LogP contribution < -0.4 is 10.2 Å². The summed E-state index contributed by atoms with van der Waals surface area (Å²) in [5, 5.41) is 3.23. The van der Waals surface area contributed by atoms with E-state index in [2.05, 4.69) is 11.4 Å². The summed E-state index contributed by atoms with van der Waals surface area (Å²) in [5.41, 5.74) is 3.19. The van der Waals surface area contributed by atoms with Crippen LogP contribution in [0.25, 0.3) is 0 Å². The molecule has 1 N–H and O–H groups in total. The van der Waals surface area contributed by atoms with Crippen LogP contribution in [0.15, 0.2) is 18.2 Å². The van der Waals surface area contributed by atoms with E-state index in [1.54, 1.807) is 4.90 Å². The molecule has 0 spiro atoms. The molecule has 1 unspecified atom stereocenters. The molecule has 6 heteroatoms. The summed E-state index contributed by atoms with van der Waals surface area (Å²) in [6.07, 6.45) is 0.620. The normalized spacial score (nSPS) is 21.3. The van der Waals surface area contributed by atoms with Crippen molar-refractivity contribution in [2.45, 2.75) is 20.3 Å². The lowest BCUT2D eigenvalue weighted by Crippen LogP contribution is -2.49. The lowest BCUT2D eigenvalue weighted by Gasteiger charge is -2.29. The third-order valence-corrected chi connectivity index (χ3v) is 4.45. The Hall–Kier alpha value is -1.59. The molecule has 126 valence electrons. The summed E-state index contributed by atoms with van der Waals surface area (Å²) < 4.78 is 0. The van der Waals surface area contributed by atoms with Crippen LogP contribution in [0.4, 0.5) is 5.69 Å². The number of hydrogen-bond acceptors (Lipinski definition) is 3. The van der Waals surface area contributed by atoms with Gasteiger partial charge in [-0.2, -0.15) is 0 Å². The predicted octanol–water partition coefficient (Wildman–Crippen LogP) is 1.51. The van der Waals surface area contributed by atoms with Crippen molar-refractivity contribution in [3.05, 3.63) is 29.3 Å². The average molecular weight is 338 g/mol. The molecule has 23 heavy (non-hydrogen) atoms. The zero-order chi connectivity index (χ0) is 15.7. The van der Waals surface area contributed by atoms with Gasteiger partial charge in [-0.3, -0.25) is 9.59 Å². The van der Waals surface area contributed by atoms with Gasteiger partial charge < -0.3 is 15.1 Å². The maximum atomic E-state index is 12.7. The highest BCUT2D eigenvalue weighted by Gasteiger charge is 2.39. The van der Waals surface area contributed by atoms with E-state index >= 15 is 0 Å². The fourth-order valence-corrected chi connectivity index (χ4v) is 3.38. The first-order valence-electron chi connectivity index (χ1n) is 7.95. The molecule has 2 amide bonds. The summed E-state index contributed by atoms with van der Waals surface area (Å²) in [6.45, 7) is 7.71. The quantitative estimate of drug-likeness (QED) is 0.832. The number of anilines is 1. The van der Waals surface area contributed by atoms with Crippen molar-refractivity contribution in [2.75, 3.05) is 37.6 Å². The number of nitrogens with one attached hydrogen (secondary N) is 1. The lowest BCUT2D eigenvalue weighted by molar-refractivity contribution is -0.140. The maximum Gasteiger partial charge on any atom is 0.239 e. The van der Waals surface area contributed by atoms with Gasteiger partial charge in [0, 0.05) is 38.4 Å². The molecule has 0 radical (unpaired) electrons. The smallest absolute Gasteiger partial charge is 0.239 e. The maximum absolute atomic E-state index is 12.7. The summed E-state index contributed by atoms with van der Waals surface area (Å²) in [5.74, 6) is -0.550. The zero-order valence-electron chi connectivity index (χ0n) is 13.7. The summed E-state index contributed by atoms with van der Waals surface area (Å²) in [4.78, 5) is 28.8. The van der Waals surface area contributed by atoms with Gasteiger partial charge in [0.05, 0.1) is 0 Å². The zero-order valence-corrected chi connectivity index (χ0v) is 14.5. The average Bonchev–Trinajstić information content (AvgIpc) is 2.88. The molecule has 2 aliphatic rings. The van der Waals surface area contributed by atoms with Gasteiger partial charge in [0.15, 0.2) is 0 Å². The molecule has 2 saturated heterocycles. The number of rotatable bonds is 2. The Morgan fingerprint density at radius 1 is 1.09 bits per heavy atom. The molecule has 0 saturated carbocycles. The molecule has 0 aliphatic carbocycles. The van der Waals surface area contributed by atoms with E-state index in [4.69, 9.17) is 0 Å². The van der Waals surface area contributed by atoms with Gasteiger partial charge in [0.2, 0.25) is 11.8 Å². The Morgan fingerprint density at radius 2 is 1.70 bits per heavy atom. The van der Waals surface area contributed by atoms with E-state index in [-0.39, 0.29) is 24.2 Å². The Morgan fingerprint density at radius 3 is 2.30 bits per heavy atom. The van der Waals surface area contributed by atoms with Gasteiger partial charge in [0.25, 0.3) is 0 Å². The topological polar surface area (TPSA) is 52.7 Å². The van der Waals surface area contributed by atoms with Crippen LogP contribution in [-0.2, 0) is 9.59 Å². The molecule has 5 nitrogen and oxygen atoms in total. The summed E-state index contributed by atoms with van der Waals surface area (Å²) in [6, 6.07) is 6.12. The number of amides is 2. The molecular formula is C17H24ClN3O2. The first-order valence-corrected chi connectivity index (χ1v) is 7.95. The van der Waals surface area contributed by atoms with E-state index in [0.29, 0.717) is 26.1 Å². The molecule has 2 aliphatic heterocycles. The first-order chi connectivity index (χ1) is 10.6. The van der Waals surface area contributed by atoms with Crippen LogP contribution in [0.5, 0.6) is 0 Å². The number of hydrogen-bond donors (Lipinski definition) is 1. The number of carbonyl (C=O) groups is 2. The molecule has 0 bridgehead atoms. The van der Waals surface area contributed by atoms with Crippen molar-refractivity contribution in [2.24, 2.45) is 5.92 Å². The van der Waals surface area contributed by atoms with E-state index in [1.807, 2.05) is 30.9 Å². The molecule has 2 heterocycles. The summed E-state index contributed by atoms with van der Waals surface area (Å²) in [7, 11) is 0. The number of aryl methyl sites for hydroxylation is 2. The van der Waals surface area contributed by atoms with Gasteiger partial charge >= 0.3 is 0 Å². The van der Waals surface area contributed by atoms with E-state index in [1.165, 1.54) is 0 Å². The Balaban J connectivity index is 0.00000192. The minimum atomic E-state index is -0.501. The van der Waals surface area contributed by atoms with Crippen molar-refractivity contribution in [1.82, 2.24) is 10.2 Å². The number of benzene rings is 1. The Kier molecular flexibility index (Phi) is 5.65. The predicted molar refractivity (Wildman–Crippen MR) is 93.1 cm³/mol. The molecule has 1 aromatic carbocycles. The van der Waals surface area contributed by atoms with Crippen LogP contribution >= 0.6 is 12.4 Å². The lowest BCUT2D eigenvalue weighted by atomic mass is 10.1. The number of piperazine rings is 1. The largest absolute Gasteiger partial charge is 0.339 e. The van der Waals surface area contributed by atoms with E-state index in [0.717, 1.165) is 29.9 Å². The fourth-order valence-electron chi connectivity index (χ4n) is 3.38. The van der Waals surface area contributed by atoms with Gasteiger partial charge in [0.1, 0.15) is 5.92 Å². The van der Waals surface area contributed by atoms with Gasteiger partial charge in [-0.15, -0.1) is 12.4 Å². The third-order valence-electron chi connectivity index (χ3n) is 4.45. The van der Waals surface area contributed by atoms with Gasteiger partial charge in [-0.1, -0.05) is 6.07 Å². The number of halogens is 1. The molecular weight excluding hydrogens is 314 g/mol. The number of carbonyl (C=O) groups excluding carboxylic acids is 2. The monoisotopic (exact) mass is 337 g/mol. The highest BCUT2D eigenvalue weighted by molar-refractivity contribution is 6.09. The van der Waals surface area contributed by atoms with Crippen LogP contribution in [0.3, 0.4) is 0 Å². The van der Waals surface area contributed by atoms with Crippen LogP contribution in [0.1, 0.15) is 17.5 Å². The standard InChI is InChI=1S/C17H23N3O2.ClH/c1-12-9-13(2)11-14(10-12)20-6-3-15(17(20)22)16(21)19-7-4-18-5-8-19;/h9-11,15,18H,3-8H2,1-2H3;1H. The first kappa shape index (κ1) is 17.8. The summed E-state index contributed by atoms with van der Waals surface area (Å²) >= 11 is 0. The van der Waals surface area contributed by atoms with Crippen molar-refractivity contribution >= 4 is 29.9 Å². The van der Waals surface area contributed by atoms with Crippen LogP contribution in [-0.4, -0.2) is 49.4 Å². The minimum absolute atomic E-state index is 0. The molecule has 1 aromatic rings. The van der Waals surface area contributed by atoms with Crippen molar-refractivity contribution in [3.63, 3.8) is 0 Å². The second kappa shape index (κ2) is 7.32. The molecule has 2 fully saturated rings. The van der Waals surface area contributed by atoms with Crippen molar-refractivity contribution in [1.29, 1.82) is 0 Å². The highest BCUT2D eigenvalue weighted by Crippen LogP contribution is 2.28.